The monoisotopic (exact) mass is 560 g/mol. The predicted octanol–water partition coefficient (Wildman–Crippen LogP) is 3.80. The van der Waals surface area contributed by atoms with Crippen LogP contribution in [0, 0.1) is 13.8 Å². The van der Waals surface area contributed by atoms with Crippen LogP contribution in [0.25, 0.3) is 0 Å². The molecule has 204 valence electrons. The van der Waals surface area contributed by atoms with Gasteiger partial charge in [-0.05, 0) is 73.9 Å². The summed E-state index contributed by atoms with van der Waals surface area (Å²) in [5, 5.41) is 2.81. The average molecular weight is 561 g/mol. The summed E-state index contributed by atoms with van der Waals surface area (Å²) < 4.78 is 62.7. The molecule has 0 spiro atoms. The van der Waals surface area contributed by atoms with Crippen LogP contribution in [0.1, 0.15) is 29.7 Å². The lowest BCUT2D eigenvalue weighted by molar-refractivity contribution is -0.120. The van der Waals surface area contributed by atoms with Crippen LogP contribution in [0.15, 0.2) is 70.5 Å². The normalized spacial score (nSPS) is 12.5. The van der Waals surface area contributed by atoms with Gasteiger partial charge in [-0.1, -0.05) is 18.2 Å². The number of amides is 1. The molecule has 0 aliphatic carbocycles. The molecule has 1 atom stereocenters. The molecule has 3 aromatic carbocycles. The minimum atomic E-state index is -4.19. The van der Waals surface area contributed by atoms with Gasteiger partial charge < -0.3 is 14.8 Å². The summed E-state index contributed by atoms with van der Waals surface area (Å²) in [6.07, 6.45) is 1.12. The van der Waals surface area contributed by atoms with E-state index < -0.39 is 38.4 Å². The molecule has 9 nitrogen and oxygen atoms in total. The first-order chi connectivity index (χ1) is 17.8. The predicted molar refractivity (Wildman–Crippen MR) is 146 cm³/mol. The molecule has 0 saturated heterocycles. The fourth-order valence-electron chi connectivity index (χ4n) is 4.02. The van der Waals surface area contributed by atoms with Crippen molar-refractivity contribution in [3.05, 3.63) is 77.4 Å². The van der Waals surface area contributed by atoms with E-state index in [0.29, 0.717) is 17.0 Å². The van der Waals surface area contributed by atoms with Gasteiger partial charge in [-0.2, -0.15) is 0 Å². The van der Waals surface area contributed by atoms with Crippen molar-refractivity contribution in [1.29, 1.82) is 0 Å². The van der Waals surface area contributed by atoms with Crippen molar-refractivity contribution in [2.75, 3.05) is 31.3 Å². The van der Waals surface area contributed by atoms with Crippen molar-refractivity contribution in [2.24, 2.45) is 0 Å². The Morgan fingerprint density at radius 2 is 1.39 bits per heavy atom. The highest BCUT2D eigenvalue weighted by Gasteiger charge is 2.29. The molecule has 38 heavy (non-hydrogen) atoms. The third kappa shape index (κ3) is 6.65. The van der Waals surface area contributed by atoms with Gasteiger partial charge in [0.1, 0.15) is 6.54 Å². The van der Waals surface area contributed by atoms with Gasteiger partial charge >= 0.3 is 0 Å². The molecule has 0 radical (unpaired) electrons. The van der Waals surface area contributed by atoms with E-state index in [2.05, 4.69) is 5.32 Å². The van der Waals surface area contributed by atoms with E-state index in [1.54, 1.807) is 31.2 Å². The number of methoxy groups -OCH3 is 2. The number of sulfone groups is 1. The molecule has 0 saturated carbocycles. The maximum absolute atomic E-state index is 13.8. The van der Waals surface area contributed by atoms with E-state index in [9.17, 15) is 21.6 Å². The highest BCUT2D eigenvalue weighted by Crippen LogP contribution is 2.32. The second-order valence-electron chi connectivity index (χ2n) is 9.00. The lowest BCUT2D eigenvalue weighted by atomic mass is 10.1. The summed E-state index contributed by atoms with van der Waals surface area (Å²) in [6.45, 7) is 4.95. The van der Waals surface area contributed by atoms with Crippen molar-refractivity contribution < 1.29 is 31.1 Å². The van der Waals surface area contributed by atoms with Gasteiger partial charge in [-0.25, -0.2) is 16.8 Å². The smallest absolute Gasteiger partial charge is 0.264 e. The summed E-state index contributed by atoms with van der Waals surface area (Å²) in [5.74, 6) is 0.0790. The third-order valence-electron chi connectivity index (χ3n) is 5.91. The Balaban J connectivity index is 1.95. The third-order valence-corrected chi connectivity index (χ3v) is 8.81. The molecule has 0 bridgehead atoms. The van der Waals surface area contributed by atoms with E-state index in [0.717, 1.165) is 21.7 Å². The number of anilines is 1. The van der Waals surface area contributed by atoms with Gasteiger partial charge in [-0.3, -0.25) is 9.10 Å². The van der Waals surface area contributed by atoms with Gasteiger partial charge in [0.2, 0.25) is 5.91 Å². The van der Waals surface area contributed by atoms with Gasteiger partial charge in [0.05, 0.1) is 35.7 Å². The molecule has 0 heterocycles. The van der Waals surface area contributed by atoms with Crippen LogP contribution < -0.4 is 19.1 Å². The number of hydrogen-bond acceptors (Lipinski definition) is 7. The van der Waals surface area contributed by atoms with Crippen LogP contribution >= 0.6 is 0 Å². The second-order valence-corrected chi connectivity index (χ2v) is 12.9. The molecule has 0 aliphatic rings. The largest absolute Gasteiger partial charge is 0.493 e. The summed E-state index contributed by atoms with van der Waals surface area (Å²) in [4.78, 5) is 13.3. The quantitative estimate of drug-likeness (QED) is 0.401. The van der Waals surface area contributed by atoms with Crippen molar-refractivity contribution in [3.8, 4) is 11.5 Å². The van der Waals surface area contributed by atoms with Crippen LogP contribution in [0.5, 0.6) is 11.5 Å². The Morgan fingerprint density at radius 1 is 0.842 bits per heavy atom. The Bertz CT molecular complexity index is 1510. The van der Waals surface area contributed by atoms with Gasteiger partial charge in [0.15, 0.2) is 21.3 Å². The molecule has 3 aromatic rings. The van der Waals surface area contributed by atoms with Crippen molar-refractivity contribution >= 4 is 31.5 Å². The average Bonchev–Trinajstić information content (AvgIpc) is 2.85. The zero-order valence-electron chi connectivity index (χ0n) is 22.2. The van der Waals surface area contributed by atoms with Crippen LogP contribution in [-0.2, 0) is 24.7 Å². The van der Waals surface area contributed by atoms with Crippen LogP contribution in [0.3, 0.4) is 0 Å². The standard InChI is InChI=1S/C27H32N2O7S2/c1-18-13-19(2)15-22(14-18)29(38(33,34)24-11-12-25(35-4)26(16-24)36-5)17-27(30)28-20(3)21-7-9-23(10-8-21)37(6,31)32/h7-16,20H,17H2,1-6H3,(H,28,30). The maximum atomic E-state index is 13.8. The molecule has 1 amide bonds. The first kappa shape index (κ1) is 29.0. The Kier molecular flexibility index (Phi) is 8.73. The van der Waals surface area contributed by atoms with E-state index in [1.165, 1.54) is 44.6 Å². The zero-order valence-corrected chi connectivity index (χ0v) is 23.8. The number of carbonyl (C=O) groups excluding carboxylic acids is 1. The van der Waals surface area contributed by atoms with Crippen LogP contribution in [-0.4, -0.2) is 49.8 Å². The Morgan fingerprint density at radius 3 is 1.92 bits per heavy atom. The summed E-state index contributed by atoms with van der Waals surface area (Å²) in [7, 11) is -4.68. The van der Waals surface area contributed by atoms with Gasteiger partial charge in [0, 0.05) is 12.3 Å². The summed E-state index contributed by atoms with van der Waals surface area (Å²) in [6, 6.07) is 15.2. The van der Waals surface area contributed by atoms with Crippen molar-refractivity contribution in [1.82, 2.24) is 5.32 Å². The minimum Gasteiger partial charge on any atom is -0.493 e. The number of nitrogens with one attached hydrogen (secondary N) is 1. The summed E-state index contributed by atoms with van der Waals surface area (Å²) in [5.41, 5.74) is 2.70. The molecule has 11 heteroatoms. The van der Waals surface area contributed by atoms with Crippen molar-refractivity contribution in [2.45, 2.75) is 36.6 Å². The first-order valence-electron chi connectivity index (χ1n) is 11.7. The topological polar surface area (TPSA) is 119 Å². The number of nitrogens with zero attached hydrogens (tertiary/aromatic N) is 1. The number of rotatable bonds is 10. The number of carbonyl (C=O) groups is 1. The molecule has 1 unspecified atom stereocenters. The number of benzene rings is 3. The first-order valence-corrected chi connectivity index (χ1v) is 15.0. The van der Waals surface area contributed by atoms with Crippen LogP contribution in [0.4, 0.5) is 5.69 Å². The Labute approximate surface area is 224 Å². The molecule has 1 N–H and O–H groups in total. The molecule has 0 fully saturated rings. The molecular formula is C27H32N2O7S2. The number of ether oxygens (including phenoxy) is 2. The van der Waals surface area contributed by atoms with Crippen LogP contribution in [0.2, 0.25) is 0 Å². The van der Waals surface area contributed by atoms with E-state index in [4.69, 9.17) is 9.47 Å². The van der Waals surface area contributed by atoms with Gasteiger partial charge in [-0.15, -0.1) is 0 Å². The fourth-order valence-corrected chi connectivity index (χ4v) is 6.07. The number of sulfonamides is 1. The zero-order chi connectivity index (χ0) is 28.3. The van der Waals surface area contributed by atoms with E-state index in [1.807, 2.05) is 19.9 Å². The van der Waals surface area contributed by atoms with E-state index in [-0.39, 0.29) is 15.5 Å². The molecule has 3 rings (SSSR count). The lowest BCUT2D eigenvalue weighted by Gasteiger charge is -2.26. The second kappa shape index (κ2) is 11.4. The van der Waals surface area contributed by atoms with Gasteiger partial charge in [0.25, 0.3) is 10.0 Å². The lowest BCUT2D eigenvalue weighted by Crippen LogP contribution is -2.41. The Hall–Kier alpha value is -3.57. The highest BCUT2D eigenvalue weighted by molar-refractivity contribution is 7.93. The SMILES string of the molecule is COc1ccc(S(=O)(=O)N(CC(=O)NC(C)c2ccc(S(C)(=O)=O)cc2)c2cc(C)cc(C)c2)cc1OC. The summed E-state index contributed by atoms with van der Waals surface area (Å²) >= 11 is 0. The number of hydrogen-bond donors (Lipinski definition) is 1. The highest BCUT2D eigenvalue weighted by atomic mass is 32.2. The fraction of sp³-hybridized carbons (Fsp3) is 0.296. The van der Waals surface area contributed by atoms with E-state index >= 15 is 0 Å². The van der Waals surface area contributed by atoms with Crippen molar-refractivity contribution in [3.63, 3.8) is 0 Å². The number of aryl methyl sites for hydroxylation is 2. The minimum absolute atomic E-state index is 0.0634. The molecule has 0 aliphatic heterocycles. The maximum Gasteiger partial charge on any atom is 0.264 e. The molecular weight excluding hydrogens is 528 g/mol. The molecule has 0 aromatic heterocycles.